The molecule has 2 rings (SSSR count). The first kappa shape index (κ1) is 16.4. The van der Waals surface area contributed by atoms with Gasteiger partial charge in [0, 0.05) is 24.7 Å². The minimum absolute atomic E-state index is 0.142. The van der Waals surface area contributed by atoms with E-state index < -0.39 is 0 Å². The van der Waals surface area contributed by atoms with Crippen molar-refractivity contribution in [3.8, 4) is 17.2 Å². The molecule has 0 radical (unpaired) electrons. The number of carbonyl (C=O) groups excluding carboxylic acids is 1. The number of aromatic nitrogens is 1. The second kappa shape index (κ2) is 7.35. The standard InChI is InChI=1S/C16H19N3O4/c1-10(20)18-11-5-6-15(17-9-11)19-12-7-13(21-2)16(23-4)14(8-12)22-3/h5-9H,1-4H3,(H,17,19)(H,18,20). The number of anilines is 3. The Morgan fingerprint density at radius 1 is 1.00 bits per heavy atom. The molecule has 0 aliphatic rings. The Balaban J connectivity index is 2.24. The van der Waals surface area contributed by atoms with Crippen molar-refractivity contribution in [1.29, 1.82) is 0 Å². The number of methoxy groups -OCH3 is 3. The molecule has 0 saturated carbocycles. The van der Waals surface area contributed by atoms with E-state index in [0.29, 0.717) is 28.8 Å². The zero-order valence-electron chi connectivity index (χ0n) is 13.5. The van der Waals surface area contributed by atoms with Gasteiger partial charge in [-0.25, -0.2) is 4.98 Å². The summed E-state index contributed by atoms with van der Waals surface area (Å²) in [5.41, 5.74) is 1.37. The quantitative estimate of drug-likeness (QED) is 0.852. The number of pyridine rings is 1. The first-order valence-corrected chi connectivity index (χ1v) is 6.88. The maximum atomic E-state index is 11.0. The highest BCUT2D eigenvalue weighted by Gasteiger charge is 2.13. The van der Waals surface area contributed by atoms with Crippen LogP contribution in [0.3, 0.4) is 0 Å². The molecular formula is C16H19N3O4. The number of carbonyl (C=O) groups is 1. The average molecular weight is 317 g/mol. The SMILES string of the molecule is COc1cc(Nc2ccc(NC(C)=O)cn2)cc(OC)c1OC. The van der Waals surface area contributed by atoms with E-state index in [1.807, 2.05) is 0 Å². The lowest BCUT2D eigenvalue weighted by atomic mass is 10.2. The number of nitrogens with zero attached hydrogens (tertiary/aromatic N) is 1. The molecule has 7 heteroatoms. The van der Waals surface area contributed by atoms with Crippen molar-refractivity contribution in [3.05, 3.63) is 30.5 Å². The molecule has 1 aromatic heterocycles. The van der Waals surface area contributed by atoms with Crippen LogP contribution in [0, 0.1) is 0 Å². The van der Waals surface area contributed by atoms with Gasteiger partial charge in [0.15, 0.2) is 11.5 Å². The third-order valence-electron chi connectivity index (χ3n) is 3.02. The van der Waals surface area contributed by atoms with Crippen LogP contribution in [0.15, 0.2) is 30.5 Å². The van der Waals surface area contributed by atoms with Gasteiger partial charge in [0.25, 0.3) is 0 Å². The van der Waals surface area contributed by atoms with E-state index in [1.54, 1.807) is 51.8 Å². The maximum Gasteiger partial charge on any atom is 0.221 e. The van der Waals surface area contributed by atoms with Crippen LogP contribution in [-0.2, 0) is 4.79 Å². The van der Waals surface area contributed by atoms with E-state index in [4.69, 9.17) is 14.2 Å². The number of hydrogen-bond donors (Lipinski definition) is 2. The lowest BCUT2D eigenvalue weighted by molar-refractivity contribution is -0.114. The number of rotatable bonds is 6. The summed E-state index contributed by atoms with van der Waals surface area (Å²) in [7, 11) is 4.67. The highest BCUT2D eigenvalue weighted by Crippen LogP contribution is 2.40. The average Bonchev–Trinajstić information content (AvgIpc) is 2.55. The van der Waals surface area contributed by atoms with Gasteiger partial charge in [-0.3, -0.25) is 4.79 Å². The summed E-state index contributed by atoms with van der Waals surface area (Å²) in [5.74, 6) is 2.09. The molecule has 0 aliphatic heterocycles. The molecule has 0 saturated heterocycles. The molecule has 7 nitrogen and oxygen atoms in total. The minimum Gasteiger partial charge on any atom is -0.493 e. The summed E-state index contributed by atoms with van der Waals surface area (Å²) in [4.78, 5) is 15.2. The van der Waals surface area contributed by atoms with Crippen molar-refractivity contribution in [2.45, 2.75) is 6.92 Å². The fourth-order valence-corrected chi connectivity index (χ4v) is 2.05. The van der Waals surface area contributed by atoms with Crippen LogP contribution in [0.2, 0.25) is 0 Å². The smallest absolute Gasteiger partial charge is 0.221 e. The van der Waals surface area contributed by atoms with E-state index in [-0.39, 0.29) is 5.91 Å². The molecule has 1 aromatic carbocycles. The molecule has 23 heavy (non-hydrogen) atoms. The molecule has 0 bridgehead atoms. The molecule has 1 amide bonds. The molecule has 0 unspecified atom stereocenters. The van der Waals surface area contributed by atoms with Crippen LogP contribution >= 0.6 is 0 Å². The van der Waals surface area contributed by atoms with Crippen LogP contribution in [0.1, 0.15) is 6.92 Å². The number of nitrogens with one attached hydrogen (secondary N) is 2. The molecule has 0 atom stereocenters. The number of hydrogen-bond acceptors (Lipinski definition) is 6. The first-order chi connectivity index (χ1) is 11.1. The van der Waals surface area contributed by atoms with Crippen molar-refractivity contribution in [3.63, 3.8) is 0 Å². The Kier molecular flexibility index (Phi) is 5.24. The Morgan fingerprint density at radius 2 is 1.65 bits per heavy atom. The second-order valence-electron chi connectivity index (χ2n) is 4.65. The van der Waals surface area contributed by atoms with Crippen molar-refractivity contribution in [2.24, 2.45) is 0 Å². The summed E-state index contributed by atoms with van der Waals surface area (Å²) in [6.45, 7) is 1.45. The Hall–Kier alpha value is -2.96. The highest BCUT2D eigenvalue weighted by molar-refractivity contribution is 5.88. The highest BCUT2D eigenvalue weighted by atomic mass is 16.5. The summed E-state index contributed by atoms with van der Waals surface area (Å²) < 4.78 is 15.9. The molecular weight excluding hydrogens is 298 g/mol. The lowest BCUT2D eigenvalue weighted by Gasteiger charge is -2.15. The summed E-state index contributed by atoms with van der Waals surface area (Å²) in [6.07, 6.45) is 1.57. The van der Waals surface area contributed by atoms with Crippen molar-refractivity contribution in [2.75, 3.05) is 32.0 Å². The van der Waals surface area contributed by atoms with E-state index >= 15 is 0 Å². The predicted octanol–water partition coefficient (Wildman–Crippen LogP) is 2.81. The van der Waals surface area contributed by atoms with Gasteiger partial charge < -0.3 is 24.8 Å². The van der Waals surface area contributed by atoms with Gasteiger partial charge in [-0.15, -0.1) is 0 Å². The van der Waals surface area contributed by atoms with Gasteiger partial charge in [-0.1, -0.05) is 0 Å². The summed E-state index contributed by atoms with van der Waals surface area (Å²) >= 11 is 0. The van der Waals surface area contributed by atoms with Crippen LogP contribution in [0.25, 0.3) is 0 Å². The van der Waals surface area contributed by atoms with Crippen molar-refractivity contribution < 1.29 is 19.0 Å². The first-order valence-electron chi connectivity index (χ1n) is 6.88. The maximum absolute atomic E-state index is 11.0. The molecule has 2 aromatic rings. The normalized spacial score (nSPS) is 9.91. The fourth-order valence-electron chi connectivity index (χ4n) is 2.05. The Bertz CT molecular complexity index is 661. The number of amides is 1. The van der Waals surface area contributed by atoms with Gasteiger partial charge in [-0.2, -0.15) is 0 Å². The molecule has 122 valence electrons. The third kappa shape index (κ3) is 4.03. The van der Waals surface area contributed by atoms with Crippen molar-refractivity contribution in [1.82, 2.24) is 4.98 Å². The summed E-state index contributed by atoms with van der Waals surface area (Å²) in [5, 5.41) is 5.81. The number of benzene rings is 1. The zero-order chi connectivity index (χ0) is 16.8. The van der Waals surface area contributed by atoms with E-state index in [1.165, 1.54) is 6.92 Å². The topological polar surface area (TPSA) is 81.7 Å². The molecule has 2 N–H and O–H groups in total. The zero-order valence-corrected chi connectivity index (χ0v) is 13.5. The lowest BCUT2D eigenvalue weighted by Crippen LogP contribution is -2.06. The van der Waals surface area contributed by atoms with Crippen LogP contribution in [-0.4, -0.2) is 32.2 Å². The van der Waals surface area contributed by atoms with E-state index in [9.17, 15) is 4.79 Å². The van der Waals surface area contributed by atoms with Crippen LogP contribution in [0.5, 0.6) is 17.2 Å². The monoisotopic (exact) mass is 317 g/mol. The minimum atomic E-state index is -0.142. The van der Waals surface area contributed by atoms with Crippen molar-refractivity contribution >= 4 is 23.1 Å². The van der Waals surface area contributed by atoms with Gasteiger partial charge in [0.1, 0.15) is 5.82 Å². The summed E-state index contributed by atoms with van der Waals surface area (Å²) in [6, 6.07) is 7.08. The molecule has 1 heterocycles. The van der Waals surface area contributed by atoms with Crippen LogP contribution < -0.4 is 24.8 Å². The Labute approximate surface area is 134 Å². The van der Waals surface area contributed by atoms with Crippen LogP contribution in [0.4, 0.5) is 17.2 Å². The third-order valence-corrected chi connectivity index (χ3v) is 3.02. The van der Waals surface area contributed by atoms with Gasteiger partial charge in [0.2, 0.25) is 11.7 Å². The fraction of sp³-hybridized carbons (Fsp3) is 0.250. The van der Waals surface area contributed by atoms with Gasteiger partial charge in [-0.05, 0) is 12.1 Å². The van der Waals surface area contributed by atoms with E-state index in [2.05, 4.69) is 15.6 Å². The predicted molar refractivity (Wildman–Crippen MR) is 87.9 cm³/mol. The molecule has 0 fully saturated rings. The van der Waals surface area contributed by atoms with Gasteiger partial charge >= 0.3 is 0 Å². The molecule has 0 spiro atoms. The van der Waals surface area contributed by atoms with Gasteiger partial charge in [0.05, 0.1) is 33.2 Å². The second-order valence-corrected chi connectivity index (χ2v) is 4.65. The molecule has 0 aliphatic carbocycles. The number of ether oxygens (including phenoxy) is 3. The largest absolute Gasteiger partial charge is 0.493 e. The van der Waals surface area contributed by atoms with E-state index in [0.717, 1.165) is 5.69 Å². The Morgan fingerprint density at radius 3 is 2.09 bits per heavy atom.